The largest absolute Gasteiger partial charge is 0.372 e. The van der Waals surface area contributed by atoms with E-state index >= 15 is 0 Å². The second kappa shape index (κ2) is 7.64. The molecule has 0 aliphatic carbocycles. The Morgan fingerprint density at radius 2 is 2.00 bits per heavy atom. The first kappa shape index (κ1) is 17.5. The van der Waals surface area contributed by atoms with Gasteiger partial charge in [0, 0.05) is 25.7 Å². The maximum Gasteiger partial charge on any atom is 0.315 e. The fourth-order valence-corrected chi connectivity index (χ4v) is 2.79. The van der Waals surface area contributed by atoms with Crippen LogP contribution in [0, 0.1) is 5.82 Å². The summed E-state index contributed by atoms with van der Waals surface area (Å²) in [5.74, 6) is -0.269. The molecule has 128 valence electrons. The van der Waals surface area contributed by atoms with Crippen molar-refractivity contribution in [2.75, 3.05) is 18.0 Å². The molecule has 0 unspecified atom stereocenters. The molecule has 2 amide bonds. The van der Waals surface area contributed by atoms with Crippen molar-refractivity contribution in [2.45, 2.75) is 52.5 Å². The summed E-state index contributed by atoms with van der Waals surface area (Å²) in [6.45, 7) is 9.41. The van der Waals surface area contributed by atoms with Crippen molar-refractivity contribution in [1.82, 2.24) is 10.6 Å². The molecular weight excluding hydrogens is 297 g/mol. The normalized spacial score (nSPS) is 21.4. The molecule has 2 atom stereocenters. The quantitative estimate of drug-likeness (QED) is 0.896. The third-order valence-corrected chi connectivity index (χ3v) is 3.65. The van der Waals surface area contributed by atoms with Crippen LogP contribution in [-0.4, -0.2) is 37.4 Å². The van der Waals surface area contributed by atoms with E-state index in [1.807, 2.05) is 38.7 Å². The lowest BCUT2D eigenvalue weighted by Gasteiger charge is -2.37. The maximum atomic E-state index is 14.4. The van der Waals surface area contributed by atoms with Gasteiger partial charge in [0.15, 0.2) is 0 Å². The molecule has 1 aliphatic rings. The summed E-state index contributed by atoms with van der Waals surface area (Å²) >= 11 is 0. The fourth-order valence-electron chi connectivity index (χ4n) is 2.79. The van der Waals surface area contributed by atoms with Gasteiger partial charge in [0.25, 0.3) is 0 Å². The zero-order valence-electron chi connectivity index (χ0n) is 14.2. The van der Waals surface area contributed by atoms with Gasteiger partial charge in [-0.15, -0.1) is 0 Å². The van der Waals surface area contributed by atoms with Crippen molar-refractivity contribution >= 4 is 11.7 Å². The van der Waals surface area contributed by atoms with Crippen molar-refractivity contribution in [1.29, 1.82) is 0 Å². The molecule has 1 heterocycles. The van der Waals surface area contributed by atoms with Crippen LogP contribution in [0.3, 0.4) is 0 Å². The first-order valence-electron chi connectivity index (χ1n) is 8.08. The standard InChI is InChI=1S/C17H26FN3O2/c1-11(2)20-17(22)19-8-14-5-6-16(15(18)7-14)21-9-12(3)23-13(4)10-21/h5-7,11-13H,8-10H2,1-4H3,(H2,19,20,22)/t12-,13-/m0/s1. The lowest BCUT2D eigenvalue weighted by molar-refractivity contribution is -0.00539. The minimum absolute atomic E-state index is 0.0689. The van der Waals surface area contributed by atoms with Gasteiger partial charge in [0.2, 0.25) is 0 Å². The number of rotatable bonds is 4. The van der Waals surface area contributed by atoms with Crippen LogP contribution >= 0.6 is 0 Å². The van der Waals surface area contributed by atoms with Gasteiger partial charge in [-0.3, -0.25) is 0 Å². The number of hydrogen-bond donors (Lipinski definition) is 2. The Morgan fingerprint density at radius 1 is 1.35 bits per heavy atom. The smallest absolute Gasteiger partial charge is 0.315 e. The zero-order chi connectivity index (χ0) is 17.0. The predicted octanol–water partition coefficient (Wildman–Crippen LogP) is 2.65. The number of benzene rings is 1. The van der Waals surface area contributed by atoms with E-state index in [4.69, 9.17) is 4.74 Å². The number of hydrogen-bond acceptors (Lipinski definition) is 3. The van der Waals surface area contributed by atoms with Crippen molar-refractivity contribution < 1.29 is 13.9 Å². The van der Waals surface area contributed by atoms with E-state index in [-0.39, 0.29) is 30.1 Å². The van der Waals surface area contributed by atoms with E-state index in [0.29, 0.717) is 25.3 Å². The molecule has 0 saturated carbocycles. The summed E-state index contributed by atoms with van der Waals surface area (Å²) in [4.78, 5) is 13.6. The first-order valence-corrected chi connectivity index (χ1v) is 8.08. The lowest BCUT2D eigenvalue weighted by Crippen LogP contribution is -2.45. The molecule has 0 spiro atoms. The van der Waals surface area contributed by atoms with E-state index in [2.05, 4.69) is 10.6 Å². The van der Waals surface area contributed by atoms with Gasteiger partial charge in [-0.2, -0.15) is 0 Å². The zero-order valence-corrected chi connectivity index (χ0v) is 14.2. The molecular formula is C17H26FN3O2. The third-order valence-electron chi connectivity index (χ3n) is 3.65. The van der Waals surface area contributed by atoms with Crippen LogP contribution in [0.15, 0.2) is 18.2 Å². The van der Waals surface area contributed by atoms with Gasteiger partial charge in [0.1, 0.15) is 5.82 Å². The summed E-state index contributed by atoms with van der Waals surface area (Å²) in [7, 11) is 0. The van der Waals surface area contributed by atoms with Crippen molar-refractivity contribution in [3.05, 3.63) is 29.6 Å². The van der Waals surface area contributed by atoms with Gasteiger partial charge < -0.3 is 20.3 Å². The molecule has 23 heavy (non-hydrogen) atoms. The van der Waals surface area contributed by atoms with Crippen LogP contribution in [0.25, 0.3) is 0 Å². The molecule has 5 nitrogen and oxygen atoms in total. The second-order valence-corrected chi connectivity index (χ2v) is 6.43. The summed E-state index contributed by atoms with van der Waals surface area (Å²) in [5.41, 5.74) is 1.32. The van der Waals surface area contributed by atoms with Gasteiger partial charge in [-0.05, 0) is 45.4 Å². The lowest BCUT2D eigenvalue weighted by atomic mass is 10.1. The molecule has 1 aliphatic heterocycles. The number of urea groups is 1. The summed E-state index contributed by atoms with van der Waals surface area (Å²) in [5, 5.41) is 5.45. The van der Waals surface area contributed by atoms with Crippen LogP contribution in [0.1, 0.15) is 33.3 Å². The van der Waals surface area contributed by atoms with Crippen molar-refractivity contribution in [2.24, 2.45) is 0 Å². The van der Waals surface area contributed by atoms with Gasteiger partial charge in [-0.1, -0.05) is 6.07 Å². The van der Waals surface area contributed by atoms with Crippen molar-refractivity contribution in [3.8, 4) is 0 Å². The number of nitrogens with zero attached hydrogens (tertiary/aromatic N) is 1. The molecule has 1 aromatic carbocycles. The number of ether oxygens (including phenoxy) is 1. The molecule has 0 radical (unpaired) electrons. The highest BCUT2D eigenvalue weighted by Gasteiger charge is 2.24. The van der Waals surface area contributed by atoms with Gasteiger partial charge in [0.05, 0.1) is 17.9 Å². The molecule has 6 heteroatoms. The maximum absolute atomic E-state index is 14.4. The van der Waals surface area contributed by atoms with E-state index in [9.17, 15) is 9.18 Å². The molecule has 0 bridgehead atoms. The topological polar surface area (TPSA) is 53.6 Å². The van der Waals surface area contributed by atoms with Crippen LogP contribution in [0.5, 0.6) is 0 Å². The third kappa shape index (κ3) is 5.10. The highest BCUT2D eigenvalue weighted by molar-refractivity contribution is 5.74. The van der Waals surface area contributed by atoms with E-state index in [1.165, 1.54) is 6.07 Å². The number of morpholine rings is 1. The average Bonchev–Trinajstić information content (AvgIpc) is 2.43. The van der Waals surface area contributed by atoms with E-state index in [1.54, 1.807) is 6.07 Å². The first-order chi connectivity index (χ1) is 10.8. The second-order valence-electron chi connectivity index (χ2n) is 6.43. The summed E-state index contributed by atoms with van der Waals surface area (Å²) in [6.07, 6.45) is 0.165. The predicted molar refractivity (Wildman–Crippen MR) is 89.1 cm³/mol. The van der Waals surface area contributed by atoms with Gasteiger partial charge >= 0.3 is 6.03 Å². The number of halogens is 1. The molecule has 2 N–H and O–H groups in total. The van der Waals surface area contributed by atoms with Gasteiger partial charge in [-0.25, -0.2) is 9.18 Å². The Balaban J connectivity index is 1.99. The number of carbonyl (C=O) groups is 1. The Bertz CT molecular complexity index is 541. The molecule has 1 saturated heterocycles. The summed E-state index contributed by atoms with van der Waals surface area (Å²) in [6, 6.07) is 4.92. The van der Waals surface area contributed by atoms with Crippen LogP contribution in [-0.2, 0) is 11.3 Å². The number of anilines is 1. The minimum atomic E-state index is -0.269. The highest BCUT2D eigenvalue weighted by Crippen LogP contribution is 2.24. The summed E-state index contributed by atoms with van der Waals surface area (Å²) < 4.78 is 20.1. The van der Waals surface area contributed by atoms with Crippen LogP contribution in [0.2, 0.25) is 0 Å². The molecule has 2 rings (SSSR count). The Morgan fingerprint density at radius 3 is 2.57 bits per heavy atom. The number of amides is 2. The fraction of sp³-hybridized carbons (Fsp3) is 0.588. The number of carbonyl (C=O) groups excluding carboxylic acids is 1. The van der Waals surface area contributed by atoms with Crippen LogP contribution < -0.4 is 15.5 Å². The van der Waals surface area contributed by atoms with E-state index < -0.39 is 0 Å². The highest BCUT2D eigenvalue weighted by atomic mass is 19.1. The Labute approximate surface area is 137 Å². The molecule has 1 fully saturated rings. The SMILES string of the molecule is CC(C)NC(=O)NCc1ccc(N2C[C@H](C)O[C@@H](C)C2)c(F)c1. The minimum Gasteiger partial charge on any atom is -0.372 e. The molecule has 1 aromatic rings. The number of nitrogens with one attached hydrogen (secondary N) is 2. The van der Waals surface area contributed by atoms with Crippen molar-refractivity contribution in [3.63, 3.8) is 0 Å². The average molecular weight is 323 g/mol. The monoisotopic (exact) mass is 323 g/mol. The van der Waals surface area contributed by atoms with Crippen LogP contribution in [0.4, 0.5) is 14.9 Å². The molecule has 0 aromatic heterocycles. The Kier molecular flexibility index (Phi) is 5.82. The Hall–Kier alpha value is -1.82. The van der Waals surface area contributed by atoms with E-state index in [0.717, 1.165) is 5.56 Å².